The highest BCUT2D eigenvalue weighted by Gasteiger charge is 2.49. The van der Waals surface area contributed by atoms with Gasteiger partial charge >= 0.3 is 0 Å². The topological polar surface area (TPSA) is 94.0 Å². The highest BCUT2D eigenvalue weighted by molar-refractivity contribution is 5.75. The molecule has 1 amide bonds. The second-order valence-corrected chi connectivity index (χ2v) is 5.03. The summed E-state index contributed by atoms with van der Waals surface area (Å²) >= 11 is 0. The fourth-order valence-electron chi connectivity index (χ4n) is 2.34. The summed E-state index contributed by atoms with van der Waals surface area (Å²) in [5, 5.41) is 6.94. The normalized spacial score (nSPS) is 16.0. The van der Waals surface area contributed by atoms with Crippen molar-refractivity contribution in [1.82, 2.24) is 15.5 Å². The molecule has 1 heterocycles. The number of carbonyl (C=O) groups is 1. The lowest BCUT2D eigenvalue weighted by Crippen LogP contribution is -2.28. The lowest BCUT2D eigenvalue weighted by Gasteiger charge is -2.09. The molecular weight excluding hydrogens is 256 g/mol. The zero-order chi connectivity index (χ0) is 14.0. The van der Waals surface area contributed by atoms with E-state index in [1.165, 1.54) is 5.56 Å². The van der Waals surface area contributed by atoms with Gasteiger partial charge in [-0.25, -0.2) is 0 Å². The number of aromatic nitrogens is 2. The molecule has 0 saturated heterocycles. The third-order valence-electron chi connectivity index (χ3n) is 3.55. The third kappa shape index (κ3) is 2.42. The van der Waals surface area contributed by atoms with Crippen molar-refractivity contribution >= 4 is 5.91 Å². The monoisotopic (exact) mass is 272 g/mol. The van der Waals surface area contributed by atoms with E-state index in [1.54, 1.807) is 0 Å². The molecule has 0 unspecified atom stereocenters. The van der Waals surface area contributed by atoms with Crippen LogP contribution in [0.2, 0.25) is 0 Å². The molecule has 1 aromatic heterocycles. The predicted octanol–water partition coefficient (Wildman–Crippen LogP) is 0.724. The molecule has 0 atom stereocenters. The molecule has 3 N–H and O–H groups in total. The van der Waals surface area contributed by atoms with E-state index in [-0.39, 0.29) is 12.0 Å². The largest absolute Gasteiger partial charge is 0.369 e. The van der Waals surface area contributed by atoms with Gasteiger partial charge in [0, 0.05) is 0 Å². The standard InChI is InChI=1S/C14H16N4O2/c15-11(19)8-16-9-12-17-13(18-20-12)14(6-7-14)10-4-2-1-3-5-10/h1-5,16H,6-9H2,(H2,15,19). The molecule has 2 aromatic rings. The highest BCUT2D eigenvalue weighted by atomic mass is 16.5. The number of amides is 1. The van der Waals surface area contributed by atoms with E-state index in [0.717, 1.165) is 18.7 Å². The van der Waals surface area contributed by atoms with Crippen molar-refractivity contribution in [3.8, 4) is 0 Å². The van der Waals surface area contributed by atoms with Gasteiger partial charge in [0.1, 0.15) is 0 Å². The molecule has 104 valence electrons. The molecule has 1 aromatic carbocycles. The Morgan fingerprint density at radius 2 is 2.10 bits per heavy atom. The zero-order valence-electron chi connectivity index (χ0n) is 11.0. The highest BCUT2D eigenvalue weighted by Crippen LogP contribution is 2.52. The maximum Gasteiger partial charge on any atom is 0.240 e. The summed E-state index contributed by atoms with van der Waals surface area (Å²) in [6.07, 6.45) is 2.06. The van der Waals surface area contributed by atoms with Crippen molar-refractivity contribution in [1.29, 1.82) is 0 Å². The molecule has 1 aliphatic rings. The molecule has 6 nitrogen and oxygen atoms in total. The number of primary amides is 1. The summed E-state index contributed by atoms with van der Waals surface area (Å²) in [4.78, 5) is 15.1. The van der Waals surface area contributed by atoms with Gasteiger partial charge in [0.25, 0.3) is 0 Å². The molecule has 3 rings (SSSR count). The minimum absolute atomic E-state index is 0.0906. The van der Waals surface area contributed by atoms with E-state index in [2.05, 4.69) is 27.6 Å². The number of hydrogen-bond donors (Lipinski definition) is 2. The first-order valence-electron chi connectivity index (χ1n) is 6.58. The molecule has 20 heavy (non-hydrogen) atoms. The van der Waals surface area contributed by atoms with Gasteiger partial charge in [-0.1, -0.05) is 35.5 Å². The maximum absolute atomic E-state index is 10.6. The molecule has 0 spiro atoms. The van der Waals surface area contributed by atoms with Crippen LogP contribution in [0.25, 0.3) is 0 Å². The Labute approximate surface area is 116 Å². The summed E-state index contributed by atoms with van der Waals surface area (Å²) in [6.45, 7) is 0.447. The molecular formula is C14H16N4O2. The van der Waals surface area contributed by atoms with Crippen molar-refractivity contribution in [2.75, 3.05) is 6.54 Å². The Kier molecular flexibility index (Phi) is 3.23. The van der Waals surface area contributed by atoms with Gasteiger partial charge in [0.05, 0.1) is 18.5 Å². The van der Waals surface area contributed by atoms with Crippen LogP contribution in [-0.2, 0) is 16.8 Å². The summed E-state index contributed by atoms with van der Waals surface area (Å²) in [7, 11) is 0. The number of nitrogens with zero attached hydrogens (tertiary/aromatic N) is 2. The Balaban J connectivity index is 1.72. The van der Waals surface area contributed by atoms with E-state index in [1.807, 2.05) is 18.2 Å². The second-order valence-electron chi connectivity index (χ2n) is 5.03. The predicted molar refractivity (Wildman–Crippen MR) is 71.7 cm³/mol. The van der Waals surface area contributed by atoms with E-state index < -0.39 is 5.91 Å². The first-order valence-corrected chi connectivity index (χ1v) is 6.58. The number of hydrogen-bond acceptors (Lipinski definition) is 5. The summed E-state index contributed by atoms with van der Waals surface area (Å²) in [6, 6.07) is 10.2. The van der Waals surface area contributed by atoms with E-state index in [4.69, 9.17) is 10.3 Å². The zero-order valence-corrected chi connectivity index (χ0v) is 11.0. The molecule has 0 aliphatic heterocycles. The molecule has 6 heteroatoms. The van der Waals surface area contributed by atoms with Crippen molar-refractivity contribution in [2.24, 2.45) is 5.73 Å². The Bertz CT molecular complexity index is 605. The lowest BCUT2D eigenvalue weighted by atomic mass is 9.95. The molecule has 1 fully saturated rings. The minimum atomic E-state index is -0.410. The van der Waals surface area contributed by atoms with Gasteiger partial charge in [0.15, 0.2) is 5.82 Å². The minimum Gasteiger partial charge on any atom is -0.369 e. The number of carbonyl (C=O) groups excluding carboxylic acids is 1. The van der Waals surface area contributed by atoms with Crippen LogP contribution < -0.4 is 11.1 Å². The first-order chi connectivity index (χ1) is 9.71. The van der Waals surface area contributed by atoms with Gasteiger partial charge in [-0.15, -0.1) is 0 Å². The fraction of sp³-hybridized carbons (Fsp3) is 0.357. The average Bonchev–Trinajstić information content (AvgIpc) is 3.13. The Morgan fingerprint density at radius 3 is 2.75 bits per heavy atom. The summed E-state index contributed by atoms with van der Waals surface area (Å²) in [5.74, 6) is 0.788. The van der Waals surface area contributed by atoms with Gasteiger partial charge in [-0.3, -0.25) is 10.1 Å². The van der Waals surface area contributed by atoms with Gasteiger partial charge in [0.2, 0.25) is 11.8 Å². The first kappa shape index (κ1) is 12.8. The van der Waals surface area contributed by atoms with Crippen LogP contribution in [0.5, 0.6) is 0 Å². The van der Waals surface area contributed by atoms with E-state index >= 15 is 0 Å². The Hall–Kier alpha value is -2.21. The van der Waals surface area contributed by atoms with Crippen LogP contribution in [0.1, 0.15) is 30.1 Å². The maximum atomic E-state index is 10.6. The van der Waals surface area contributed by atoms with Gasteiger partial charge in [-0.2, -0.15) is 4.98 Å². The SMILES string of the molecule is NC(=O)CNCc1nc(C2(c3ccccc3)CC2)no1. The van der Waals surface area contributed by atoms with Crippen LogP contribution in [0.15, 0.2) is 34.9 Å². The van der Waals surface area contributed by atoms with Crippen molar-refractivity contribution in [3.63, 3.8) is 0 Å². The molecule has 1 aliphatic carbocycles. The summed E-state index contributed by atoms with van der Waals surface area (Å²) in [5.41, 5.74) is 6.18. The smallest absolute Gasteiger partial charge is 0.240 e. The van der Waals surface area contributed by atoms with Crippen molar-refractivity contribution in [3.05, 3.63) is 47.6 Å². The average molecular weight is 272 g/mol. The van der Waals surface area contributed by atoms with Crippen LogP contribution >= 0.6 is 0 Å². The van der Waals surface area contributed by atoms with Crippen LogP contribution in [0.4, 0.5) is 0 Å². The number of nitrogens with two attached hydrogens (primary N) is 1. The second kappa shape index (κ2) is 5.05. The summed E-state index contributed by atoms with van der Waals surface area (Å²) < 4.78 is 5.22. The van der Waals surface area contributed by atoms with Gasteiger partial charge < -0.3 is 10.3 Å². The van der Waals surface area contributed by atoms with Crippen LogP contribution in [-0.4, -0.2) is 22.6 Å². The number of nitrogens with one attached hydrogen (secondary N) is 1. The van der Waals surface area contributed by atoms with Crippen LogP contribution in [0, 0.1) is 0 Å². The number of benzene rings is 1. The fourth-order valence-corrected chi connectivity index (χ4v) is 2.34. The molecule has 1 saturated carbocycles. The molecule has 0 bridgehead atoms. The van der Waals surface area contributed by atoms with Crippen molar-refractivity contribution < 1.29 is 9.32 Å². The van der Waals surface area contributed by atoms with E-state index in [9.17, 15) is 4.79 Å². The third-order valence-corrected chi connectivity index (χ3v) is 3.55. The lowest BCUT2D eigenvalue weighted by molar-refractivity contribution is -0.117. The molecule has 0 radical (unpaired) electrons. The Morgan fingerprint density at radius 1 is 1.35 bits per heavy atom. The van der Waals surface area contributed by atoms with Crippen LogP contribution in [0.3, 0.4) is 0 Å². The number of rotatable bonds is 6. The van der Waals surface area contributed by atoms with E-state index in [0.29, 0.717) is 12.4 Å². The van der Waals surface area contributed by atoms with Crippen molar-refractivity contribution in [2.45, 2.75) is 24.8 Å². The van der Waals surface area contributed by atoms with Gasteiger partial charge in [-0.05, 0) is 18.4 Å². The quantitative estimate of drug-likeness (QED) is 0.808.